The van der Waals surface area contributed by atoms with Gasteiger partial charge in [-0.25, -0.2) is 4.39 Å². The molecule has 5 heteroatoms. The lowest BCUT2D eigenvalue weighted by Crippen LogP contribution is -2.40. The molecule has 0 aromatic heterocycles. The number of rotatable bonds is 8. The predicted molar refractivity (Wildman–Crippen MR) is 87.3 cm³/mol. The average Bonchev–Trinajstić information content (AvgIpc) is 2.42. The third kappa shape index (κ3) is 8.02. The first-order valence-electron chi connectivity index (χ1n) is 7.28. The van der Waals surface area contributed by atoms with E-state index in [9.17, 15) is 9.18 Å². The zero-order chi connectivity index (χ0) is 15.0. The van der Waals surface area contributed by atoms with Gasteiger partial charge in [-0.05, 0) is 44.0 Å². The monoisotopic (exact) mass is 316 g/mol. The molecule has 1 aromatic rings. The Kier molecular flexibility index (Phi) is 10.0. The van der Waals surface area contributed by atoms with Crippen LogP contribution in [0, 0.1) is 11.7 Å². The SMILES string of the molecule is CCN[C@H](C)CNC(=O)C(C)CCc1cccc(F)c1.Cl. The van der Waals surface area contributed by atoms with Crippen molar-refractivity contribution < 1.29 is 9.18 Å². The van der Waals surface area contributed by atoms with Crippen molar-refractivity contribution in [1.82, 2.24) is 10.6 Å². The van der Waals surface area contributed by atoms with Crippen molar-refractivity contribution in [2.45, 2.75) is 39.7 Å². The zero-order valence-corrected chi connectivity index (χ0v) is 13.8. The summed E-state index contributed by atoms with van der Waals surface area (Å²) in [6, 6.07) is 6.83. The molecule has 1 aromatic carbocycles. The molecule has 0 saturated carbocycles. The first kappa shape index (κ1) is 19.9. The fraction of sp³-hybridized carbons (Fsp3) is 0.562. The molecule has 0 aliphatic carbocycles. The highest BCUT2D eigenvalue weighted by molar-refractivity contribution is 5.85. The highest BCUT2D eigenvalue weighted by Gasteiger charge is 2.13. The van der Waals surface area contributed by atoms with Crippen LogP contribution < -0.4 is 10.6 Å². The van der Waals surface area contributed by atoms with E-state index in [0.29, 0.717) is 6.54 Å². The first-order chi connectivity index (χ1) is 9.52. The number of hydrogen-bond acceptors (Lipinski definition) is 2. The molecule has 1 unspecified atom stereocenters. The molecule has 1 rings (SSSR count). The Balaban J connectivity index is 0.00000400. The Morgan fingerprint density at radius 1 is 1.33 bits per heavy atom. The van der Waals surface area contributed by atoms with Crippen LogP contribution in [0.5, 0.6) is 0 Å². The van der Waals surface area contributed by atoms with Gasteiger partial charge >= 0.3 is 0 Å². The molecule has 0 radical (unpaired) electrons. The van der Waals surface area contributed by atoms with Crippen LogP contribution >= 0.6 is 12.4 Å². The first-order valence-corrected chi connectivity index (χ1v) is 7.28. The van der Waals surface area contributed by atoms with Crippen molar-refractivity contribution in [3.63, 3.8) is 0 Å². The second kappa shape index (κ2) is 10.6. The van der Waals surface area contributed by atoms with Gasteiger partial charge < -0.3 is 10.6 Å². The highest BCUT2D eigenvalue weighted by Crippen LogP contribution is 2.11. The van der Waals surface area contributed by atoms with Crippen LogP contribution in [-0.2, 0) is 11.2 Å². The predicted octanol–water partition coefficient (Wildman–Crippen LogP) is 2.93. The maximum Gasteiger partial charge on any atom is 0.222 e. The average molecular weight is 317 g/mol. The summed E-state index contributed by atoms with van der Waals surface area (Å²) < 4.78 is 13.0. The molecular formula is C16H26ClFN2O. The van der Waals surface area contributed by atoms with Crippen LogP contribution in [0.2, 0.25) is 0 Å². The summed E-state index contributed by atoms with van der Waals surface area (Å²) in [6.07, 6.45) is 1.44. The molecule has 21 heavy (non-hydrogen) atoms. The summed E-state index contributed by atoms with van der Waals surface area (Å²) in [5.74, 6) is -0.225. The lowest BCUT2D eigenvalue weighted by Gasteiger charge is -2.16. The van der Waals surface area contributed by atoms with Gasteiger partial charge in [-0.3, -0.25) is 4.79 Å². The van der Waals surface area contributed by atoms with E-state index in [4.69, 9.17) is 0 Å². The lowest BCUT2D eigenvalue weighted by molar-refractivity contribution is -0.124. The van der Waals surface area contributed by atoms with Crippen LogP contribution in [0.1, 0.15) is 32.8 Å². The Bertz CT molecular complexity index is 428. The Labute approximate surface area is 133 Å². The van der Waals surface area contributed by atoms with Crippen molar-refractivity contribution in [3.05, 3.63) is 35.6 Å². The number of benzene rings is 1. The molecule has 0 bridgehead atoms. The number of nitrogens with one attached hydrogen (secondary N) is 2. The van der Waals surface area contributed by atoms with Gasteiger partial charge in [0.1, 0.15) is 5.82 Å². The topological polar surface area (TPSA) is 41.1 Å². The number of aryl methyl sites for hydroxylation is 1. The van der Waals surface area contributed by atoms with Crippen molar-refractivity contribution in [2.75, 3.05) is 13.1 Å². The maximum atomic E-state index is 13.0. The smallest absolute Gasteiger partial charge is 0.222 e. The third-order valence-corrected chi connectivity index (χ3v) is 3.34. The summed E-state index contributed by atoms with van der Waals surface area (Å²) in [5, 5.41) is 6.19. The zero-order valence-electron chi connectivity index (χ0n) is 13.0. The molecule has 0 aliphatic heterocycles. The van der Waals surface area contributed by atoms with Gasteiger partial charge in [0.15, 0.2) is 0 Å². The summed E-state index contributed by atoms with van der Waals surface area (Å²) in [5.41, 5.74) is 0.936. The number of halogens is 2. The van der Waals surface area contributed by atoms with E-state index in [1.54, 1.807) is 6.07 Å². The number of hydrogen-bond donors (Lipinski definition) is 2. The minimum atomic E-state index is -0.223. The van der Waals surface area contributed by atoms with E-state index in [2.05, 4.69) is 10.6 Å². The highest BCUT2D eigenvalue weighted by atomic mass is 35.5. The molecule has 3 nitrogen and oxygen atoms in total. The fourth-order valence-electron chi connectivity index (χ4n) is 2.06. The fourth-order valence-corrected chi connectivity index (χ4v) is 2.06. The minimum Gasteiger partial charge on any atom is -0.354 e. The number of carbonyl (C=O) groups excluding carboxylic acids is 1. The van der Waals surface area contributed by atoms with Gasteiger partial charge in [0.05, 0.1) is 0 Å². The van der Waals surface area contributed by atoms with Gasteiger partial charge in [-0.1, -0.05) is 26.0 Å². The van der Waals surface area contributed by atoms with Crippen molar-refractivity contribution in [3.8, 4) is 0 Å². The van der Waals surface area contributed by atoms with Gasteiger partial charge in [-0.15, -0.1) is 12.4 Å². The molecule has 0 saturated heterocycles. The third-order valence-electron chi connectivity index (χ3n) is 3.34. The van der Waals surface area contributed by atoms with E-state index >= 15 is 0 Å². The van der Waals surface area contributed by atoms with Crippen molar-refractivity contribution in [2.24, 2.45) is 5.92 Å². The Morgan fingerprint density at radius 3 is 2.67 bits per heavy atom. The molecule has 0 aliphatic rings. The Hall–Kier alpha value is -1.13. The molecule has 2 atom stereocenters. The van der Waals surface area contributed by atoms with Crippen LogP contribution in [0.3, 0.4) is 0 Å². The van der Waals surface area contributed by atoms with E-state index in [-0.39, 0.29) is 36.1 Å². The van der Waals surface area contributed by atoms with E-state index in [0.717, 1.165) is 24.9 Å². The van der Waals surface area contributed by atoms with Gasteiger partial charge in [0, 0.05) is 18.5 Å². The van der Waals surface area contributed by atoms with E-state index < -0.39 is 0 Å². The molecule has 1 amide bonds. The summed E-state index contributed by atoms with van der Waals surface area (Å²) in [6.45, 7) is 7.52. The largest absolute Gasteiger partial charge is 0.354 e. The van der Waals surface area contributed by atoms with Crippen LogP contribution in [0.4, 0.5) is 4.39 Å². The summed E-state index contributed by atoms with van der Waals surface area (Å²) in [7, 11) is 0. The van der Waals surface area contributed by atoms with Crippen LogP contribution in [0.25, 0.3) is 0 Å². The van der Waals surface area contributed by atoms with Crippen LogP contribution in [0.15, 0.2) is 24.3 Å². The number of carbonyl (C=O) groups is 1. The molecular weight excluding hydrogens is 291 g/mol. The standard InChI is InChI=1S/C16H25FN2O.ClH/c1-4-18-13(3)11-19-16(20)12(2)8-9-14-6-5-7-15(17)10-14;/h5-7,10,12-13,18H,4,8-9,11H2,1-3H3,(H,19,20);1H/t12?,13-;/m1./s1. The van der Waals surface area contributed by atoms with Gasteiger partial charge in [-0.2, -0.15) is 0 Å². The molecule has 0 fully saturated rings. The van der Waals surface area contributed by atoms with Crippen LogP contribution in [-0.4, -0.2) is 25.0 Å². The molecule has 2 N–H and O–H groups in total. The summed E-state index contributed by atoms with van der Waals surface area (Å²) >= 11 is 0. The van der Waals surface area contributed by atoms with Crippen molar-refractivity contribution >= 4 is 18.3 Å². The molecule has 120 valence electrons. The second-order valence-electron chi connectivity index (χ2n) is 5.27. The van der Waals surface area contributed by atoms with Gasteiger partial charge in [0.25, 0.3) is 0 Å². The second-order valence-corrected chi connectivity index (χ2v) is 5.27. The molecule has 0 spiro atoms. The molecule has 0 heterocycles. The quantitative estimate of drug-likeness (QED) is 0.774. The summed E-state index contributed by atoms with van der Waals surface area (Å²) in [4.78, 5) is 11.9. The van der Waals surface area contributed by atoms with Gasteiger partial charge in [0.2, 0.25) is 5.91 Å². The van der Waals surface area contributed by atoms with E-state index in [1.165, 1.54) is 12.1 Å². The maximum absolute atomic E-state index is 13.0. The Morgan fingerprint density at radius 2 is 2.05 bits per heavy atom. The van der Waals surface area contributed by atoms with Crippen molar-refractivity contribution in [1.29, 1.82) is 0 Å². The number of amides is 1. The number of likely N-dealkylation sites (N-methyl/N-ethyl adjacent to an activating group) is 1. The minimum absolute atomic E-state index is 0. The van der Waals surface area contributed by atoms with E-state index in [1.807, 2.05) is 26.8 Å². The normalized spacial score (nSPS) is 13.1. The lowest BCUT2D eigenvalue weighted by atomic mass is 10.0.